The molecule has 0 unspecified atom stereocenters. The van der Waals surface area contributed by atoms with Gasteiger partial charge in [0.15, 0.2) is 11.6 Å². The molecule has 0 aromatic heterocycles. The summed E-state index contributed by atoms with van der Waals surface area (Å²) in [7, 11) is 0. The van der Waals surface area contributed by atoms with Crippen LogP contribution in [0.2, 0.25) is 5.02 Å². The highest BCUT2D eigenvalue weighted by Gasteiger charge is 2.20. The fourth-order valence-electron chi connectivity index (χ4n) is 2.03. The average Bonchev–Trinajstić information content (AvgIpc) is 2.24. The summed E-state index contributed by atoms with van der Waals surface area (Å²) >= 11 is 5.77. The van der Waals surface area contributed by atoms with Crippen LogP contribution in [0.4, 0.5) is 4.39 Å². The Morgan fingerprint density at radius 3 is 2.67 bits per heavy atom. The van der Waals surface area contributed by atoms with Crippen LogP contribution in [0.3, 0.4) is 0 Å². The second-order valence-electron chi connectivity index (χ2n) is 3.85. The van der Waals surface area contributed by atoms with Crippen LogP contribution in [0, 0.1) is 5.82 Å². The maximum absolute atomic E-state index is 13.2. The molecule has 0 spiro atoms. The van der Waals surface area contributed by atoms with E-state index in [-0.39, 0.29) is 11.7 Å². The summed E-state index contributed by atoms with van der Waals surface area (Å²) in [6, 6.07) is 2.80. The average molecular weight is 230 g/mol. The van der Waals surface area contributed by atoms with Crippen LogP contribution in [0.15, 0.2) is 12.1 Å². The van der Waals surface area contributed by atoms with E-state index in [1.807, 2.05) is 0 Å². The van der Waals surface area contributed by atoms with Crippen LogP contribution in [-0.2, 0) is 0 Å². The van der Waals surface area contributed by atoms with Gasteiger partial charge in [0.1, 0.15) is 0 Å². The molecule has 2 nitrogen and oxygen atoms in total. The van der Waals surface area contributed by atoms with Gasteiger partial charge in [-0.1, -0.05) is 11.6 Å². The number of rotatable bonds is 1. The zero-order chi connectivity index (χ0) is 10.8. The Morgan fingerprint density at radius 2 is 2.00 bits per heavy atom. The number of phenolic OH excluding ortho intramolecular Hbond substituents is 1. The van der Waals surface area contributed by atoms with Gasteiger partial charge in [0.25, 0.3) is 0 Å². The fourth-order valence-corrected chi connectivity index (χ4v) is 2.24. The lowest BCUT2D eigenvalue weighted by Crippen LogP contribution is -2.26. The van der Waals surface area contributed by atoms with Crippen LogP contribution in [-0.4, -0.2) is 18.2 Å². The van der Waals surface area contributed by atoms with Gasteiger partial charge in [-0.15, -0.1) is 0 Å². The molecular formula is C11H13ClFNO. The molecule has 0 aliphatic carbocycles. The Bertz CT molecular complexity index is 364. The number of nitrogens with one attached hydrogen (secondary N) is 1. The molecular weight excluding hydrogens is 217 g/mol. The van der Waals surface area contributed by atoms with E-state index >= 15 is 0 Å². The van der Waals surface area contributed by atoms with E-state index in [0.29, 0.717) is 10.6 Å². The third-order valence-electron chi connectivity index (χ3n) is 2.84. The summed E-state index contributed by atoms with van der Waals surface area (Å²) in [6.07, 6.45) is 1.82. The fraction of sp³-hybridized carbons (Fsp3) is 0.455. The van der Waals surface area contributed by atoms with Crippen molar-refractivity contribution in [2.75, 3.05) is 13.1 Å². The zero-order valence-electron chi connectivity index (χ0n) is 8.26. The number of aromatic hydroxyl groups is 1. The van der Waals surface area contributed by atoms with Crippen LogP contribution in [0.1, 0.15) is 24.3 Å². The summed E-state index contributed by atoms with van der Waals surface area (Å²) in [6.45, 7) is 1.80. The van der Waals surface area contributed by atoms with E-state index in [0.717, 1.165) is 32.0 Å². The molecule has 1 aromatic carbocycles. The van der Waals surface area contributed by atoms with Crippen LogP contribution in [0.25, 0.3) is 0 Å². The minimum atomic E-state index is -0.629. The third kappa shape index (κ3) is 2.24. The van der Waals surface area contributed by atoms with Crippen molar-refractivity contribution >= 4 is 11.6 Å². The number of benzene rings is 1. The zero-order valence-corrected chi connectivity index (χ0v) is 9.02. The highest BCUT2D eigenvalue weighted by Crippen LogP contribution is 2.35. The Hall–Kier alpha value is -0.800. The third-order valence-corrected chi connectivity index (χ3v) is 3.05. The highest BCUT2D eigenvalue weighted by atomic mass is 35.5. The lowest BCUT2D eigenvalue weighted by atomic mass is 9.89. The van der Waals surface area contributed by atoms with Crippen molar-refractivity contribution in [1.29, 1.82) is 0 Å². The lowest BCUT2D eigenvalue weighted by Gasteiger charge is -2.23. The smallest absolute Gasteiger partial charge is 0.166 e. The van der Waals surface area contributed by atoms with Gasteiger partial charge in [-0.3, -0.25) is 0 Å². The molecule has 0 radical (unpaired) electrons. The first-order valence-electron chi connectivity index (χ1n) is 5.07. The van der Waals surface area contributed by atoms with Gasteiger partial charge in [0.2, 0.25) is 0 Å². The van der Waals surface area contributed by atoms with Crippen molar-refractivity contribution in [1.82, 2.24) is 5.32 Å². The van der Waals surface area contributed by atoms with Crippen LogP contribution < -0.4 is 5.32 Å². The summed E-state index contributed by atoms with van der Waals surface area (Å²) in [5.41, 5.74) is 0.640. The molecule has 82 valence electrons. The van der Waals surface area contributed by atoms with Crippen LogP contribution in [0.5, 0.6) is 5.75 Å². The van der Waals surface area contributed by atoms with Crippen LogP contribution >= 0.6 is 11.6 Å². The van der Waals surface area contributed by atoms with E-state index in [1.54, 1.807) is 6.07 Å². The Morgan fingerprint density at radius 1 is 1.33 bits per heavy atom. The van der Waals surface area contributed by atoms with E-state index in [2.05, 4.69) is 5.32 Å². The van der Waals surface area contributed by atoms with Crippen molar-refractivity contribution in [2.24, 2.45) is 0 Å². The predicted octanol–water partition coefficient (Wildman–Crippen LogP) is 2.65. The van der Waals surface area contributed by atoms with Crippen molar-refractivity contribution in [2.45, 2.75) is 18.8 Å². The number of piperidine rings is 1. The molecule has 0 bridgehead atoms. The first kappa shape index (κ1) is 10.7. The minimum Gasteiger partial charge on any atom is -0.505 e. The molecule has 0 amide bonds. The Kier molecular flexibility index (Phi) is 3.12. The standard InChI is InChI=1S/C11H13ClFNO/c12-8-5-9(11(15)10(13)6-8)7-1-3-14-4-2-7/h5-7,14-15H,1-4H2. The molecule has 1 saturated heterocycles. The number of halogens is 2. The number of hydrogen-bond acceptors (Lipinski definition) is 2. The SMILES string of the molecule is Oc1c(F)cc(Cl)cc1C1CCNCC1. The second kappa shape index (κ2) is 4.37. The molecule has 15 heavy (non-hydrogen) atoms. The van der Waals surface area contributed by atoms with Gasteiger partial charge in [-0.25, -0.2) is 4.39 Å². The monoisotopic (exact) mass is 229 g/mol. The molecule has 1 aliphatic rings. The Labute approximate surface area is 93.1 Å². The maximum Gasteiger partial charge on any atom is 0.166 e. The molecule has 1 aliphatic heterocycles. The van der Waals surface area contributed by atoms with Crippen molar-refractivity contribution in [3.8, 4) is 5.75 Å². The van der Waals surface area contributed by atoms with Crippen molar-refractivity contribution < 1.29 is 9.50 Å². The van der Waals surface area contributed by atoms with Crippen molar-refractivity contribution in [3.63, 3.8) is 0 Å². The van der Waals surface area contributed by atoms with Gasteiger partial charge in [-0.05, 0) is 44.0 Å². The highest BCUT2D eigenvalue weighted by molar-refractivity contribution is 6.30. The molecule has 2 N–H and O–H groups in total. The molecule has 0 saturated carbocycles. The first-order chi connectivity index (χ1) is 7.18. The van der Waals surface area contributed by atoms with Gasteiger partial charge in [0.05, 0.1) is 0 Å². The van der Waals surface area contributed by atoms with E-state index in [4.69, 9.17) is 11.6 Å². The van der Waals surface area contributed by atoms with E-state index in [1.165, 1.54) is 0 Å². The maximum atomic E-state index is 13.2. The molecule has 2 rings (SSSR count). The molecule has 1 aromatic rings. The normalized spacial score (nSPS) is 18.0. The molecule has 0 atom stereocenters. The summed E-state index contributed by atoms with van der Waals surface area (Å²) < 4.78 is 13.2. The largest absolute Gasteiger partial charge is 0.505 e. The van der Waals surface area contributed by atoms with E-state index in [9.17, 15) is 9.50 Å². The van der Waals surface area contributed by atoms with Gasteiger partial charge in [0, 0.05) is 10.6 Å². The minimum absolute atomic E-state index is 0.208. The number of hydrogen-bond donors (Lipinski definition) is 2. The number of phenols is 1. The topological polar surface area (TPSA) is 32.3 Å². The molecule has 1 fully saturated rings. The molecule has 4 heteroatoms. The first-order valence-corrected chi connectivity index (χ1v) is 5.45. The summed E-state index contributed by atoms with van der Waals surface area (Å²) in [5.74, 6) is -0.665. The Balaban J connectivity index is 2.33. The summed E-state index contributed by atoms with van der Waals surface area (Å²) in [5, 5.41) is 13.2. The lowest BCUT2D eigenvalue weighted by molar-refractivity contribution is 0.400. The second-order valence-corrected chi connectivity index (χ2v) is 4.29. The van der Waals surface area contributed by atoms with Crippen molar-refractivity contribution in [3.05, 3.63) is 28.5 Å². The molecule has 1 heterocycles. The van der Waals surface area contributed by atoms with E-state index < -0.39 is 5.82 Å². The quantitative estimate of drug-likeness (QED) is 0.776. The van der Waals surface area contributed by atoms with Gasteiger partial charge >= 0.3 is 0 Å². The van der Waals surface area contributed by atoms with Gasteiger partial charge < -0.3 is 10.4 Å². The predicted molar refractivity (Wildman–Crippen MR) is 57.9 cm³/mol. The summed E-state index contributed by atoms with van der Waals surface area (Å²) in [4.78, 5) is 0. The van der Waals surface area contributed by atoms with Gasteiger partial charge in [-0.2, -0.15) is 0 Å².